The van der Waals surface area contributed by atoms with Gasteiger partial charge in [-0.05, 0) is 26.2 Å². The Morgan fingerprint density at radius 3 is 2.48 bits per heavy atom. The van der Waals surface area contributed by atoms with Crippen molar-refractivity contribution in [1.29, 1.82) is 0 Å². The van der Waals surface area contributed by atoms with Crippen LogP contribution in [0.4, 0.5) is 0 Å². The zero-order valence-electron chi connectivity index (χ0n) is 14.4. The number of hydrogen-bond donors (Lipinski definition) is 1. The van der Waals surface area contributed by atoms with E-state index in [-0.39, 0.29) is 36.3 Å². The number of amides is 3. The molecule has 1 atom stereocenters. The summed E-state index contributed by atoms with van der Waals surface area (Å²) in [7, 11) is 0. The molecule has 1 heterocycles. The number of rotatable bonds is 11. The van der Waals surface area contributed by atoms with Crippen LogP contribution in [0.25, 0.3) is 0 Å². The maximum Gasteiger partial charge on any atom is 0.253 e. The third kappa shape index (κ3) is 6.52. The molecule has 3 amide bonds. The predicted octanol–water partition coefficient (Wildman–Crippen LogP) is 1.79. The lowest BCUT2D eigenvalue weighted by Crippen LogP contribution is -2.37. The van der Waals surface area contributed by atoms with Crippen molar-refractivity contribution in [3.05, 3.63) is 12.2 Å². The van der Waals surface area contributed by atoms with E-state index in [0.29, 0.717) is 6.54 Å². The maximum atomic E-state index is 11.8. The van der Waals surface area contributed by atoms with Crippen molar-refractivity contribution in [3.8, 4) is 0 Å². The first-order valence-electron chi connectivity index (χ1n) is 8.36. The van der Waals surface area contributed by atoms with E-state index in [0.717, 1.165) is 37.2 Å². The average Bonchev–Trinajstić information content (AvgIpc) is 2.84. The fourth-order valence-electron chi connectivity index (χ4n) is 2.23. The first kappa shape index (κ1) is 19.4. The average molecular weight is 324 g/mol. The van der Waals surface area contributed by atoms with Gasteiger partial charge in [-0.2, -0.15) is 0 Å². The van der Waals surface area contributed by atoms with Crippen LogP contribution in [0.5, 0.6) is 0 Å². The highest BCUT2D eigenvalue weighted by atomic mass is 16.5. The van der Waals surface area contributed by atoms with Gasteiger partial charge < -0.3 is 10.1 Å². The van der Waals surface area contributed by atoms with Crippen LogP contribution >= 0.6 is 0 Å². The van der Waals surface area contributed by atoms with E-state index in [1.807, 2.05) is 0 Å². The molecule has 0 radical (unpaired) electrons. The molecule has 1 rings (SSSR count). The minimum absolute atomic E-state index is 0.120. The number of carbonyl (C=O) groups is 3. The Morgan fingerprint density at radius 2 is 1.91 bits per heavy atom. The first-order valence-corrected chi connectivity index (χ1v) is 8.36. The van der Waals surface area contributed by atoms with Gasteiger partial charge in [0, 0.05) is 38.3 Å². The molecule has 0 aromatic carbocycles. The third-order valence-electron chi connectivity index (χ3n) is 4.14. The van der Waals surface area contributed by atoms with Crippen molar-refractivity contribution in [2.24, 2.45) is 0 Å². The van der Waals surface area contributed by atoms with Crippen molar-refractivity contribution >= 4 is 17.7 Å². The molecule has 0 spiro atoms. The zero-order chi connectivity index (χ0) is 17.3. The summed E-state index contributed by atoms with van der Waals surface area (Å²) in [5.74, 6) is -0.874. The van der Waals surface area contributed by atoms with Crippen LogP contribution in [0.3, 0.4) is 0 Å². The lowest BCUT2D eigenvalue weighted by atomic mass is 9.98. The summed E-state index contributed by atoms with van der Waals surface area (Å²) in [5, 5.41) is 2.83. The van der Waals surface area contributed by atoms with E-state index >= 15 is 0 Å². The van der Waals surface area contributed by atoms with Crippen molar-refractivity contribution in [1.82, 2.24) is 10.2 Å². The maximum absolute atomic E-state index is 11.8. The van der Waals surface area contributed by atoms with Gasteiger partial charge in [0.25, 0.3) is 11.8 Å². The molecule has 130 valence electrons. The number of nitrogens with one attached hydrogen (secondary N) is 1. The molecule has 6 nitrogen and oxygen atoms in total. The highest BCUT2D eigenvalue weighted by Crippen LogP contribution is 2.19. The summed E-state index contributed by atoms with van der Waals surface area (Å²) in [6, 6.07) is 0. The quantitative estimate of drug-likeness (QED) is 0.464. The number of nitrogens with zero attached hydrogens (tertiary/aromatic N) is 1. The Morgan fingerprint density at radius 1 is 1.26 bits per heavy atom. The van der Waals surface area contributed by atoms with Gasteiger partial charge in [0.15, 0.2) is 0 Å². The Hall–Kier alpha value is -1.69. The fourth-order valence-corrected chi connectivity index (χ4v) is 2.23. The second kappa shape index (κ2) is 9.45. The van der Waals surface area contributed by atoms with Crippen LogP contribution in [-0.4, -0.2) is 47.9 Å². The van der Waals surface area contributed by atoms with Crippen molar-refractivity contribution in [3.63, 3.8) is 0 Å². The van der Waals surface area contributed by atoms with Gasteiger partial charge in [-0.1, -0.05) is 20.3 Å². The van der Waals surface area contributed by atoms with Crippen LogP contribution in [0, 0.1) is 0 Å². The molecule has 0 aromatic heterocycles. The summed E-state index contributed by atoms with van der Waals surface area (Å²) >= 11 is 0. The number of imide groups is 1. The van der Waals surface area contributed by atoms with Crippen LogP contribution < -0.4 is 5.32 Å². The Labute approximate surface area is 138 Å². The Kier molecular flexibility index (Phi) is 7.95. The number of ether oxygens (including phenoxy) is 1. The second-order valence-corrected chi connectivity index (χ2v) is 6.02. The molecule has 1 aliphatic heterocycles. The first-order chi connectivity index (χ1) is 10.9. The normalized spacial score (nSPS) is 16.7. The molecule has 0 saturated heterocycles. The molecule has 23 heavy (non-hydrogen) atoms. The van der Waals surface area contributed by atoms with Gasteiger partial charge in [-0.3, -0.25) is 19.3 Å². The minimum atomic E-state index is -0.356. The summed E-state index contributed by atoms with van der Waals surface area (Å²) < 4.78 is 5.91. The Balaban J connectivity index is 2.24. The largest absolute Gasteiger partial charge is 0.375 e. The molecule has 6 heteroatoms. The van der Waals surface area contributed by atoms with E-state index < -0.39 is 0 Å². The molecule has 0 saturated carbocycles. The van der Waals surface area contributed by atoms with Gasteiger partial charge in [0.2, 0.25) is 5.91 Å². The van der Waals surface area contributed by atoms with Gasteiger partial charge >= 0.3 is 0 Å². The lowest BCUT2D eigenvalue weighted by molar-refractivity contribution is -0.137. The SMILES string of the molecule is CCCCOC(C)(CC)CCNC(=O)CCN1C(=O)C=CC1=O. The van der Waals surface area contributed by atoms with Crippen LogP contribution in [-0.2, 0) is 19.1 Å². The molecule has 0 aromatic rings. The smallest absolute Gasteiger partial charge is 0.253 e. The van der Waals surface area contributed by atoms with E-state index in [1.165, 1.54) is 12.2 Å². The zero-order valence-corrected chi connectivity index (χ0v) is 14.4. The highest BCUT2D eigenvalue weighted by molar-refractivity contribution is 6.13. The van der Waals surface area contributed by atoms with Crippen molar-refractivity contribution in [2.45, 2.75) is 58.5 Å². The summed E-state index contributed by atoms with van der Waals surface area (Å²) in [6.07, 6.45) is 6.32. The summed E-state index contributed by atoms with van der Waals surface area (Å²) in [5.41, 5.74) is -0.229. The van der Waals surface area contributed by atoms with Gasteiger partial charge in [-0.15, -0.1) is 0 Å². The Bertz CT molecular complexity index is 444. The van der Waals surface area contributed by atoms with Gasteiger partial charge in [-0.25, -0.2) is 0 Å². The van der Waals surface area contributed by atoms with Gasteiger partial charge in [0.1, 0.15) is 0 Å². The van der Waals surface area contributed by atoms with E-state index in [2.05, 4.69) is 26.1 Å². The molecule has 0 aliphatic carbocycles. The molecule has 1 N–H and O–H groups in total. The van der Waals surface area contributed by atoms with Crippen molar-refractivity contribution in [2.75, 3.05) is 19.7 Å². The lowest BCUT2D eigenvalue weighted by Gasteiger charge is -2.29. The van der Waals surface area contributed by atoms with Crippen molar-refractivity contribution < 1.29 is 19.1 Å². The molecule has 1 unspecified atom stereocenters. The second-order valence-electron chi connectivity index (χ2n) is 6.02. The molecule has 1 aliphatic rings. The number of hydrogen-bond acceptors (Lipinski definition) is 4. The van der Waals surface area contributed by atoms with Crippen LogP contribution in [0.1, 0.15) is 52.9 Å². The number of unbranched alkanes of at least 4 members (excludes halogenated alkanes) is 1. The predicted molar refractivity (Wildman–Crippen MR) is 87.7 cm³/mol. The third-order valence-corrected chi connectivity index (χ3v) is 4.14. The van der Waals surface area contributed by atoms with Crippen LogP contribution in [0.2, 0.25) is 0 Å². The van der Waals surface area contributed by atoms with E-state index in [4.69, 9.17) is 4.74 Å². The summed E-state index contributed by atoms with van der Waals surface area (Å²) in [4.78, 5) is 35.7. The molecular formula is C17H28N2O4. The fraction of sp³-hybridized carbons (Fsp3) is 0.706. The molecular weight excluding hydrogens is 296 g/mol. The van der Waals surface area contributed by atoms with E-state index in [1.54, 1.807) is 0 Å². The number of carbonyl (C=O) groups excluding carboxylic acids is 3. The topological polar surface area (TPSA) is 75.7 Å². The molecule has 0 bridgehead atoms. The van der Waals surface area contributed by atoms with Gasteiger partial charge in [0.05, 0.1) is 5.60 Å². The summed E-state index contributed by atoms with van der Waals surface area (Å²) in [6.45, 7) is 7.64. The monoisotopic (exact) mass is 324 g/mol. The minimum Gasteiger partial charge on any atom is -0.375 e. The van der Waals surface area contributed by atoms with Crippen LogP contribution in [0.15, 0.2) is 12.2 Å². The highest BCUT2D eigenvalue weighted by Gasteiger charge is 2.24. The van der Waals surface area contributed by atoms with E-state index in [9.17, 15) is 14.4 Å². The standard InChI is InChI=1S/C17H28N2O4/c1-4-6-13-23-17(3,5-2)10-11-18-14(20)9-12-19-15(21)7-8-16(19)22/h7-8H,4-6,9-13H2,1-3H3,(H,18,20). The molecule has 0 fully saturated rings.